The topological polar surface area (TPSA) is 104 Å². The highest BCUT2D eigenvalue weighted by Gasteiger charge is 2.28. The molecule has 2 amide bonds. The molecule has 0 aliphatic rings. The average Bonchev–Trinajstić information content (AvgIpc) is 2.70. The highest BCUT2D eigenvalue weighted by molar-refractivity contribution is 7.89. The van der Waals surface area contributed by atoms with Crippen molar-refractivity contribution in [3.63, 3.8) is 0 Å². The van der Waals surface area contributed by atoms with Crippen molar-refractivity contribution in [1.29, 1.82) is 0 Å². The maximum absolute atomic E-state index is 14.0. The van der Waals surface area contributed by atoms with E-state index in [-0.39, 0.29) is 18.9 Å². The van der Waals surface area contributed by atoms with E-state index in [4.69, 9.17) is 0 Å². The summed E-state index contributed by atoms with van der Waals surface area (Å²) < 4.78 is 41.5. The van der Waals surface area contributed by atoms with Gasteiger partial charge in [-0.15, -0.1) is 0 Å². The summed E-state index contributed by atoms with van der Waals surface area (Å²) >= 11 is 0. The monoisotopic (exact) mass is 421 g/mol. The molecule has 0 radical (unpaired) electrons. The summed E-state index contributed by atoms with van der Waals surface area (Å²) in [6, 6.07) is 12.5. The van der Waals surface area contributed by atoms with E-state index in [1.54, 1.807) is 30.3 Å². The minimum Gasteiger partial charge on any atom is -0.355 e. The van der Waals surface area contributed by atoms with Crippen molar-refractivity contribution in [3.8, 4) is 0 Å². The minimum absolute atomic E-state index is 0.0386. The Bertz CT molecular complexity index is 936. The molecule has 0 aliphatic carbocycles. The van der Waals surface area contributed by atoms with Crippen molar-refractivity contribution < 1.29 is 22.4 Å². The smallest absolute Gasteiger partial charge is 0.244 e. The maximum atomic E-state index is 14.0. The van der Waals surface area contributed by atoms with Crippen molar-refractivity contribution in [2.45, 2.75) is 30.7 Å². The number of halogens is 1. The number of hydrogen-bond acceptors (Lipinski definition) is 4. The zero-order valence-electron chi connectivity index (χ0n) is 16.0. The molecule has 0 fully saturated rings. The number of amides is 2. The minimum atomic E-state index is -4.29. The van der Waals surface area contributed by atoms with Gasteiger partial charge >= 0.3 is 0 Å². The molecule has 9 heteroatoms. The number of carbonyl (C=O) groups excluding carboxylic acids is 2. The van der Waals surface area contributed by atoms with E-state index in [1.165, 1.54) is 12.1 Å². The van der Waals surface area contributed by atoms with Gasteiger partial charge < -0.3 is 10.6 Å². The second-order valence-electron chi connectivity index (χ2n) is 6.36. The van der Waals surface area contributed by atoms with Gasteiger partial charge in [-0.05, 0) is 30.5 Å². The summed E-state index contributed by atoms with van der Waals surface area (Å²) in [5, 5.41) is 5.04. The standard InChI is InChI=1S/C20H24FN3O4S/c1-2-12-22-19(25)14-23-20(26)17(13-15-8-4-3-5-9-15)24-29(27,28)18-11-7-6-10-16(18)21/h3-11,17,24H,2,12-14H2,1H3,(H,22,25)(H,23,26). The Labute approximate surface area is 169 Å². The lowest BCUT2D eigenvalue weighted by Crippen LogP contribution is -2.50. The maximum Gasteiger partial charge on any atom is 0.244 e. The summed E-state index contributed by atoms with van der Waals surface area (Å²) in [6.45, 7) is 2.08. The predicted molar refractivity (Wildman–Crippen MR) is 107 cm³/mol. The normalized spacial score (nSPS) is 12.2. The van der Waals surface area contributed by atoms with Crippen molar-refractivity contribution in [3.05, 3.63) is 66.0 Å². The van der Waals surface area contributed by atoms with Gasteiger partial charge in [-0.1, -0.05) is 49.4 Å². The highest BCUT2D eigenvalue weighted by Crippen LogP contribution is 2.15. The second kappa shape index (κ2) is 10.7. The van der Waals surface area contributed by atoms with Gasteiger partial charge in [0, 0.05) is 6.54 Å². The zero-order valence-corrected chi connectivity index (χ0v) is 16.8. The quantitative estimate of drug-likeness (QED) is 0.539. The fourth-order valence-electron chi connectivity index (χ4n) is 2.57. The Hall–Kier alpha value is -2.78. The second-order valence-corrected chi connectivity index (χ2v) is 8.04. The number of rotatable bonds is 10. The van der Waals surface area contributed by atoms with Crippen molar-refractivity contribution in [1.82, 2.24) is 15.4 Å². The molecule has 1 unspecified atom stereocenters. The van der Waals surface area contributed by atoms with E-state index in [9.17, 15) is 22.4 Å². The summed E-state index contributed by atoms with van der Waals surface area (Å²) in [4.78, 5) is 23.8. The van der Waals surface area contributed by atoms with Crippen LogP contribution in [0.3, 0.4) is 0 Å². The molecule has 0 aromatic heterocycles. The Balaban J connectivity index is 2.17. The van der Waals surface area contributed by atoms with E-state index >= 15 is 0 Å². The predicted octanol–water partition coefficient (Wildman–Crippen LogP) is 1.36. The third-order valence-corrected chi connectivity index (χ3v) is 5.52. The lowest BCUT2D eigenvalue weighted by Gasteiger charge is -2.19. The molecule has 3 N–H and O–H groups in total. The van der Waals surface area contributed by atoms with E-state index in [2.05, 4.69) is 15.4 Å². The Morgan fingerprint density at radius 3 is 2.31 bits per heavy atom. The third-order valence-electron chi connectivity index (χ3n) is 4.02. The van der Waals surface area contributed by atoms with Gasteiger partial charge in [0.05, 0.1) is 6.54 Å². The zero-order chi connectivity index (χ0) is 21.3. The van der Waals surface area contributed by atoms with Crippen LogP contribution in [-0.2, 0) is 26.0 Å². The highest BCUT2D eigenvalue weighted by atomic mass is 32.2. The number of benzene rings is 2. The largest absolute Gasteiger partial charge is 0.355 e. The summed E-state index contributed by atoms with van der Waals surface area (Å²) in [7, 11) is -4.29. The molecule has 0 saturated heterocycles. The molecule has 2 aromatic rings. The molecule has 2 rings (SSSR count). The van der Waals surface area contributed by atoms with Gasteiger partial charge in [0.2, 0.25) is 21.8 Å². The van der Waals surface area contributed by atoms with Gasteiger partial charge in [-0.25, -0.2) is 12.8 Å². The molecule has 156 valence electrons. The third kappa shape index (κ3) is 6.95. The van der Waals surface area contributed by atoms with Crippen LogP contribution in [0.2, 0.25) is 0 Å². The number of carbonyl (C=O) groups is 2. The van der Waals surface area contributed by atoms with Crippen LogP contribution in [0.5, 0.6) is 0 Å². The molecule has 1 atom stereocenters. The lowest BCUT2D eigenvalue weighted by atomic mass is 10.1. The molecule has 0 spiro atoms. The van der Waals surface area contributed by atoms with Crippen LogP contribution in [-0.4, -0.2) is 39.4 Å². The van der Waals surface area contributed by atoms with Crippen LogP contribution >= 0.6 is 0 Å². The van der Waals surface area contributed by atoms with Crippen LogP contribution in [0.15, 0.2) is 59.5 Å². The molecule has 0 aliphatic heterocycles. The summed E-state index contributed by atoms with van der Waals surface area (Å²) in [5.74, 6) is -1.98. The van der Waals surface area contributed by atoms with Crippen LogP contribution in [0.1, 0.15) is 18.9 Å². The molecular weight excluding hydrogens is 397 g/mol. The molecular formula is C20H24FN3O4S. The van der Waals surface area contributed by atoms with Crippen LogP contribution in [0.4, 0.5) is 4.39 Å². The molecule has 2 aromatic carbocycles. The first-order valence-corrected chi connectivity index (χ1v) is 10.7. The van der Waals surface area contributed by atoms with Gasteiger partial charge in [0.25, 0.3) is 0 Å². The van der Waals surface area contributed by atoms with E-state index in [0.29, 0.717) is 12.1 Å². The first-order chi connectivity index (χ1) is 13.8. The Morgan fingerprint density at radius 2 is 1.66 bits per heavy atom. The summed E-state index contributed by atoms with van der Waals surface area (Å²) in [6.07, 6.45) is 0.787. The van der Waals surface area contributed by atoms with Crippen molar-refractivity contribution in [2.24, 2.45) is 0 Å². The number of sulfonamides is 1. The van der Waals surface area contributed by atoms with E-state index < -0.39 is 32.7 Å². The van der Waals surface area contributed by atoms with Crippen LogP contribution in [0.25, 0.3) is 0 Å². The average molecular weight is 421 g/mol. The van der Waals surface area contributed by atoms with Crippen LogP contribution < -0.4 is 15.4 Å². The Morgan fingerprint density at radius 1 is 1.00 bits per heavy atom. The van der Waals surface area contributed by atoms with Gasteiger partial charge in [-0.2, -0.15) is 4.72 Å². The molecule has 29 heavy (non-hydrogen) atoms. The number of nitrogens with one attached hydrogen (secondary N) is 3. The van der Waals surface area contributed by atoms with Crippen molar-refractivity contribution in [2.75, 3.05) is 13.1 Å². The summed E-state index contributed by atoms with van der Waals surface area (Å²) in [5.41, 5.74) is 0.708. The lowest BCUT2D eigenvalue weighted by molar-refractivity contribution is -0.127. The van der Waals surface area contributed by atoms with E-state index in [1.807, 2.05) is 6.92 Å². The van der Waals surface area contributed by atoms with Crippen molar-refractivity contribution >= 4 is 21.8 Å². The van der Waals surface area contributed by atoms with Gasteiger partial charge in [0.1, 0.15) is 16.8 Å². The molecule has 0 heterocycles. The van der Waals surface area contributed by atoms with Gasteiger partial charge in [0.15, 0.2) is 0 Å². The first kappa shape index (κ1) is 22.5. The fourth-order valence-corrected chi connectivity index (χ4v) is 3.84. The SMILES string of the molecule is CCCNC(=O)CNC(=O)C(Cc1ccccc1)NS(=O)(=O)c1ccccc1F. The van der Waals surface area contributed by atoms with Crippen LogP contribution in [0, 0.1) is 5.82 Å². The molecule has 7 nitrogen and oxygen atoms in total. The van der Waals surface area contributed by atoms with E-state index in [0.717, 1.165) is 18.6 Å². The van der Waals surface area contributed by atoms with Gasteiger partial charge in [-0.3, -0.25) is 9.59 Å². The molecule has 0 saturated carbocycles. The molecule has 0 bridgehead atoms. The number of hydrogen-bond donors (Lipinski definition) is 3. The first-order valence-electron chi connectivity index (χ1n) is 9.18. The fraction of sp³-hybridized carbons (Fsp3) is 0.300. The Kier molecular flexibility index (Phi) is 8.29.